The lowest BCUT2D eigenvalue weighted by Crippen LogP contribution is -2.33. The van der Waals surface area contributed by atoms with E-state index in [1.165, 1.54) is 18.4 Å². The Bertz CT molecular complexity index is 693. The minimum absolute atomic E-state index is 0.242. The lowest BCUT2D eigenvalue weighted by molar-refractivity contribution is 0.0296. The summed E-state index contributed by atoms with van der Waals surface area (Å²) in [4.78, 5) is 0. The fourth-order valence-electron chi connectivity index (χ4n) is 6.13. The van der Waals surface area contributed by atoms with Crippen LogP contribution in [-0.2, 0) is 0 Å². The van der Waals surface area contributed by atoms with Crippen LogP contribution in [-0.4, -0.2) is 44.1 Å². The van der Waals surface area contributed by atoms with Gasteiger partial charge in [-0.2, -0.15) is 11.8 Å². The third-order valence-corrected chi connectivity index (χ3v) is 9.57. The molecule has 5 atom stereocenters. The first kappa shape index (κ1) is 25.1. The molecule has 176 valence electrons. The van der Waals surface area contributed by atoms with E-state index in [9.17, 15) is 15.3 Å². The number of allylic oxidation sites excluding steroid dienone is 4. The maximum absolute atomic E-state index is 10.6. The predicted octanol–water partition coefficient (Wildman–Crippen LogP) is 5.94. The predicted molar refractivity (Wildman–Crippen MR) is 132 cm³/mol. The molecule has 0 heterocycles. The van der Waals surface area contributed by atoms with E-state index >= 15 is 0 Å². The molecule has 4 heteroatoms. The molecule has 31 heavy (non-hydrogen) atoms. The molecule has 0 radical (unpaired) electrons. The van der Waals surface area contributed by atoms with Crippen LogP contribution in [0.5, 0.6) is 0 Å². The minimum atomic E-state index is -0.502. The van der Waals surface area contributed by atoms with E-state index in [-0.39, 0.29) is 5.41 Å². The van der Waals surface area contributed by atoms with Crippen LogP contribution in [0.2, 0.25) is 0 Å². The molecule has 3 nitrogen and oxygen atoms in total. The molecular weight excluding hydrogens is 404 g/mol. The zero-order valence-electron chi connectivity index (χ0n) is 20.1. The molecule has 0 aromatic rings. The smallest absolute Gasteiger partial charge is 0.0650 e. The quantitative estimate of drug-likeness (QED) is 0.402. The summed E-state index contributed by atoms with van der Waals surface area (Å²) < 4.78 is 0. The van der Waals surface area contributed by atoms with Gasteiger partial charge in [-0.3, -0.25) is 0 Å². The van der Waals surface area contributed by atoms with Crippen LogP contribution in [0.3, 0.4) is 0 Å². The number of aliphatic hydroxyl groups excluding tert-OH is 2. The lowest BCUT2D eigenvalue weighted by Gasteiger charge is -2.42. The van der Waals surface area contributed by atoms with Crippen LogP contribution in [0.25, 0.3) is 0 Å². The summed E-state index contributed by atoms with van der Waals surface area (Å²) in [5.74, 6) is 1.59. The Morgan fingerprint density at radius 3 is 2.52 bits per heavy atom. The van der Waals surface area contributed by atoms with Crippen LogP contribution in [0.4, 0.5) is 0 Å². The van der Waals surface area contributed by atoms with Gasteiger partial charge < -0.3 is 15.3 Å². The van der Waals surface area contributed by atoms with Crippen molar-refractivity contribution in [3.8, 4) is 0 Å². The van der Waals surface area contributed by atoms with E-state index in [0.29, 0.717) is 30.4 Å². The van der Waals surface area contributed by atoms with Crippen LogP contribution >= 0.6 is 11.8 Å². The average molecular weight is 449 g/mol. The van der Waals surface area contributed by atoms with Crippen LogP contribution in [0.1, 0.15) is 91.9 Å². The van der Waals surface area contributed by atoms with Crippen molar-refractivity contribution in [2.75, 3.05) is 5.75 Å². The molecule has 0 spiro atoms. The number of fused-ring (bicyclic) bond motifs is 1. The van der Waals surface area contributed by atoms with Gasteiger partial charge in [0.25, 0.3) is 0 Å². The summed E-state index contributed by atoms with van der Waals surface area (Å²) in [5, 5.41) is 31.1. The molecule has 0 aromatic carbocycles. The monoisotopic (exact) mass is 448 g/mol. The van der Waals surface area contributed by atoms with Gasteiger partial charge in [-0.1, -0.05) is 55.7 Å². The molecule has 0 bridgehead atoms. The number of aliphatic hydroxyl groups is 3. The van der Waals surface area contributed by atoms with Crippen LogP contribution < -0.4 is 0 Å². The maximum atomic E-state index is 10.6. The Morgan fingerprint density at radius 1 is 1.19 bits per heavy atom. The second-order valence-corrected chi connectivity index (χ2v) is 11.9. The van der Waals surface area contributed by atoms with Crippen molar-refractivity contribution in [3.05, 3.63) is 34.9 Å². The van der Waals surface area contributed by atoms with Crippen molar-refractivity contribution in [3.63, 3.8) is 0 Å². The zero-order chi connectivity index (χ0) is 22.6. The van der Waals surface area contributed by atoms with Crippen molar-refractivity contribution in [2.24, 2.45) is 11.3 Å². The van der Waals surface area contributed by atoms with Crippen molar-refractivity contribution >= 4 is 11.8 Å². The Morgan fingerprint density at radius 2 is 1.87 bits per heavy atom. The largest absolute Gasteiger partial charge is 0.393 e. The highest BCUT2D eigenvalue weighted by atomic mass is 32.2. The zero-order valence-corrected chi connectivity index (χ0v) is 20.9. The average Bonchev–Trinajstić information content (AvgIpc) is 3.09. The molecule has 3 aliphatic carbocycles. The molecule has 3 aliphatic rings. The highest BCUT2D eigenvalue weighted by molar-refractivity contribution is 8.00. The SMILES string of the molecule is CCC(O)(CC)CCS[C@H](C)C1=CCC2/C(=C/C=C3C[C@@H](O)C[C@H](O)C3)CCC[C@]12C. The Balaban J connectivity index is 1.65. The highest BCUT2D eigenvalue weighted by Gasteiger charge is 2.46. The van der Waals surface area contributed by atoms with E-state index in [1.54, 1.807) is 11.1 Å². The molecule has 0 amide bonds. The molecule has 0 aromatic heterocycles. The summed E-state index contributed by atoms with van der Waals surface area (Å²) in [6.07, 6.45) is 15.4. The summed E-state index contributed by atoms with van der Waals surface area (Å²) in [6, 6.07) is 0. The fraction of sp³-hybridized carbons (Fsp3) is 0.778. The molecule has 0 saturated heterocycles. The second-order valence-electron chi connectivity index (χ2n) is 10.4. The van der Waals surface area contributed by atoms with Crippen molar-refractivity contribution < 1.29 is 15.3 Å². The van der Waals surface area contributed by atoms with Crippen molar-refractivity contribution in [2.45, 2.75) is 115 Å². The highest BCUT2D eigenvalue weighted by Crippen LogP contribution is 2.56. The maximum Gasteiger partial charge on any atom is 0.0650 e. The molecule has 1 unspecified atom stereocenters. The van der Waals surface area contributed by atoms with E-state index in [2.05, 4.69) is 45.9 Å². The number of hydrogen-bond donors (Lipinski definition) is 3. The van der Waals surface area contributed by atoms with E-state index < -0.39 is 17.8 Å². The molecule has 2 saturated carbocycles. The standard InChI is InChI=1S/C27H44O3S/c1-5-27(30,6-2)14-15-31-19(3)24-11-12-25-21(8-7-13-26(24,25)4)10-9-20-16-22(28)18-23(29)17-20/h9-11,19,22-23,25,28-30H,5-8,12-18H2,1-4H3/b21-10+/t19-,22-,23-,25?,26-/m1/s1. The Kier molecular flexibility index (Phi) is 8.57. The first-order valence-electron chi connectivity index (χ1n) is 12.5. The number of hydrogen-bond acceptors (Lipinski definition) is 4. The summed E-state index contributed by atoms with van der Waals surface area (Å²) in [7, 11) is 0. The van der Waals surface area contributed by atoms with Gasteiger partial charge in [0.05, 0.1) is 17.8 Å². The molecule has 2 fully saturated rings. The second kappa shape index (κ2) is 10.6. The number of rotatable bonds is 8. The van der Waals surface area contributed by atoms with E-state index in [0.717, 1.165) is 37.9 Å². The minimum Gasteiger partial charge on any atom is -0.393 e. The van der Waals surface area contributed by atoms with E-state index in [4.69, 9.17) is 0 Å². The summed E-state index contributed by atoms with van der Waals surface area (Å²) in [5.41, 5.74) is 4.08. The van der Waals surface area contributed by atoms with Crippen molar-refractivity contribution in [1.82, 2.24) is 0 Å². The van der Waals surface area contributed by atoms with Crippen LogP contribution in [0, 0.1) is 11.3 Å². The lowest BCUT2D eigenvalue weighted by atomic mass is 9.64. The van der Waals surface area contributed by atoms with Gasteiger partial charge in [0.2, 0.25) is 0 Å². The molecule has 3 N–H and O–H groups in total. The molecular formula is C27H44O3S. The topological polar surface area (TPSA) is 60.7 Å². The van der Waals surface area contributed by atoms with Gasteiger partial charge in [-0.05, 0) is 88.2 Å². The van der Waals surface area contributed by atoms with Gasteiger partial charge in [0.1, 0.15) is 0 Å². The third kappa shape index (κ3) is 5.88. The first-order valence-corrected chi connectivity index (χ1v) is 13.5. The normalized spacial score (nSPS) is 33.9. The van der Waals surface area contributed by atoms with Crippen molar-refractivity contribution in [1.29, 1.82) is 0 Å². The summed E-state index contributed by atoms with van der Waals surface area (Å²) in [6.45, 7) is 8.99. The fourth-order valence-corrected chi connectivity index (χ4v) is 7.53. The molecule has 0 aliphatic heterocycles. The van der Waals surface area contributed by atoms with Crippen LogP contribution in [0.15, 0.2) is 34.9 Å². The third-order valence-electron chi connectivity index (χ3n) is 8.37. The Labute approximate surface area is 194 Å². The number of thioether (sulfide) groups is 1. The summed E-state index contributed by atoms with van der Waals surface area (Å²) >= 11 is 2.01. The van der Waals surface area contributed by atoms with Gasteiger partial charge in [-0.15, -0.1) is 0 Å². The molecule has 3 rings (SSSR count). The van der Waals surface area contributed by atoms with Gasteiger partial charge >= 0.3 is 0 Å². The van der Waals surface area contributed by atoms with Gasteiger partial charge in [0, 0.05) is 5.25 Å². The Hall–Kier alpha value is -0.550. The van der Waals surface area contributed by atoms with Gasteiger partial charge in [-0.25, -0.2) is 0 Å². The first-order chi connectivity index (χ1) is 14.7. The van der Waals surface area contributed by atoms with Gasteiger partial charge in [0.15, 0.2) is 0 Å². The van der Waals surface area contributed by atoms with E-state index in [1.807, 2.05) is 11.8 Å².